The van der Waals surface area contributed by atoms with Gasteiger partial charge in [-0.05, 0) is 24.6 Å². The van der Waals surface area contributed by atoms with Crippen LogP contribution in [0.3, 0.4) is 0 Å². The van der Waals surface area contributed by atoms with Gasteiger partial charge >= 0.3 is 6.61 Å². The predicted molar refractivity (Wildman–Crippen MR) is 53.9 cm³/mol. The summed E-state index contributed by atoms with van der Waals surface area (Å²) in [6.07, 6.45) is 0. The number of sulfonamides is 1. The summed E-state index contributed by atoms with van der Waals surface area (Å²) in [5, 5.41) is 13.6. The molecule has 0 fully saturated rings. The van der Waals surface area contributed by atoms with Crippen molar-refractivity contribution < 1.29 is 21.9 Å². The van der Waals surface area contributed by atoms with E-state index in [-0.39, 0.29) is 5.56 Å². The average molecular weight is 262 g/mol. The second-order valence-electron chi connectivity index (χ2n) is 3.18. The van der Waals surface area contributed by atoms with E-state index in [1.54, 1.807) is 6.07 Å². The highest BCUT2D eigenvalue weighted by atomic mass is 32.2. The van der Waals surface area contributed by atoms with Crippen molar-refractivity contribution in [3.63, 3.8) is 0 Å². The Balaban J connectivity index is 3.57. The minimum Gasteiger partial charge on any atom is -0.432 e. The van der Waals surface area contributed by atoms with Crippen molar-refractivity contribution >= 4 is 10.0 Å². The van der Waals surface area contributed by atoms with Gasteiger partial charge in [-0.3, -0.25) is 0 Å². The van der Waals surface area contributed by atoms with Crippen molar-refractivity contribution in [2.24, 2.45) is 5.14 Å². The van der Waals surface area contributed by atoms with Gasteiger partial charge in [0.2, 0.25) is 10.0 Å². The minimum absolute atomic E-state index is 0.311. The number of aryl methyl sites for hydroxylation is 1. The van der Waals surface area contributed by atoms with E-state index in [0.29, 0.717) is 5.56 Å². The SMILES string of the molecule is Cc1cc(C#N)c(OC(F)F)c(S(N)(=O)=O)c1. The van der Waals surface area contributed by atoms with Crippen LogP contribution in [0.5, 0.6) is 5.75 Å². The Morgan fingerprint density at radius 1 is 1.47 bits per heavy atom. The molecule has 0 unspecified atom stereocenters. The monoisotopic (exact) mass is 262 g/mol. The first-order valence-corrected chi connectivity index (χ1v) is 5.82. The van der Waals surface area contributed by atoms with Gasteiger partial charge in [0.05, 0.1) is 5.56 Å². The lowest BCUT2D eigenvalue weighted by Gasteiger charge is -2.11. The summed E-state index contributed by atoms with van der Waals surface area (Å²) in [6, 6.07) is 3.87. The fourth-order valence-corrected chi connectivity index (χ4v) is 2.01. The number of hydrogen-bond acceptors (Lipinski definition) is 4. The van der Waals surface area contributed by atoms with Crippen LogP contribution in [-0.2, 0) is 10.0 Å². The zero-order chi connectivity index (χ0) is 13.2. The van der Waals surface area contributed by atoms with Gasteiger partial charge in [-0.15, -0.1) is 0 Å². The maximum atomic E-state index is 12.1. The van der Waals surface area contributed by atoms with Crippen molar-refractivity contribution in [2.75, 3.05) is 0 Å². The van der Waals surface area contributed by atoms with Crippen molar-refractivity contribution in [3.8, 4) is 11.8 Å². The number of benzene rings is 1. The molecular weight excluding hydrogens is 254 g/mol. The van der Waals surface area contributed by atoms with E-state index in [0.717, 1.165) is 6.07 Å². The van der Waals surface area contributed by atoms with Gasteiger partial charge in [0, 0.05) is 0 Å². The van der Waals surface area contributed by atoms with Crippen LogP contribution in [0.2, 0.25) is 0 Å². The van der Waals surface area contributed by atoms with Gasteiger partial charge in [-0.1, -0.05) is 0 Å². The van der Waals surface area contributed by atoms with Crippen LogP contribution in [0, 0.1) is 18.3 Å². The molecule has 0 bridgehead atoms. The molecule has 1 aromatic rings. The number of rotatable bonds is 3. The third kappa shape index (κ3) is 3.12. The van der Waals surface area contributed by atoms with E-state index >= 15 is 0 Å². The number of nitriles is 1. The molecule has 0 saturated heterocycles. The van der Waals surface area contributed by atoms with Crippen molar-refractivity contribution in [1.29, 1.82) is 5.26 Å². The normalized spacial score (nSPS) is 11.3. The molecule has 0 atom stereocenters. The number of alkyl halides is 2. The van der Waals surface area contributed by atoms with Gasteiger partial charge in [0.1, 0.15) is 11.0 Å². The topological polar surface area (TPSA) is 93.2 Å². The first kappa shape index (κ1) is 13.3. The van der Waals surface area contributed by atoms with Crippen molar-refractivity contribution in [2.45, 2.75) is 18.4 Å². The largest absolute Gasteiger partial charge is 0.432 e. The number of nitrogens with zero attached hydrogens (tertiary/aromatic N) is 1. The molecule has 0 heterocycles. The summed E-state index contributed by atoms with van der Waals surface area (Å²) in [5.74, 6) is -0.726. The number of hydrogen-bond donors (Lipinski definition) is 1. The van der Waals surface area contributed by atoms with Crippen molar-refractivity contribution in [3.05, 3.63) is 23.3 Å². The summed E-state index contributed by atoms with van der Waals surface area (Å²) in [6.45, 7) is -1.74. The van der Waals surface area contributed by atoms with Gasteiger partial charge < -0.3 is 4.74 Å². The van der Waals surface area contributed by atoms with E-state index in [9.17, 15) is 17.2 Å². The predicted octanol–water partition coefficient (Wildman–Crippen LogP) is 1.12. The van der Waals surface area contributed by atoms with Gasteiger partial charge in [0.25, 0.3) is 0 Å². The molecule has 0 radical (unpaired) electrons. The average Bonchev–Trinajstić information content (AvgIpc) is 2.17. The van der Waals surface area contributed by atoms with Crippen LogP contribution in [0.4, 0.5) is 8.78 Å². The minimum atomic E-state index is -4.24. The summed E-state index contributed by atoms with van der Waals surface area (Å²) in [5.41, 5.74) is 0.0847. The van der Waals surface area contributed by atoms with E-state index < -0.39 is 27.3 Å². The Labute approximate surface area is 96.5 Å². The summed E-state index contributed by atoms with van der Waals surface area (Å²) in [4.78, 5) is -0.630. The zero-order valence-corrected chi connectivity index (χ0v) is 9.46. The fourth-order valence-electron chi connectivity index (χ4n) is 1.24. The van der Waals surface area contributed by atoms with E-state index in [4.69, 9.17) is 10.4 Å². The van der Waals surface area contributed by atoms with Crippen molar-refractivity contribution in [1.82, 2.24) is 0 Å². The highest BCUT2D eigenvalue weighted by Gasteiger charge is 2.22. The van der Waals surface area contributed by atoms with Crippen LogP contribution in [0.25, 0.3) is 0 Å². The molecule has 1 aromatic carbocycles. The molecule has 0 aliphatic carbocycles. The third-order valence-electron chi connectivity index (χ3n) is 1.83. The van der Waals surface area contributed by atoms with Gasteiger partial charge in [-0.2, -0.15) is 14.0 Å². The highest BCUT2D eigenvalue weighted by Crippen LogP contribution is 2.29. The van der Waals surface area contributed by atoms with Crippen LogP contribution >= 0.6 is 0 Å². The molecule has 0 aromatic heterocycles. The number of ether oxygens (including phenoxy) is 1. The Kier molecular flexibility index (Phi) is 3.65. The lowest BCUT2D eigenvalue weighted by molar-refractivity contribution is -0.0519. The smallest absolute Gasteiger partial charge is 0.387 e. The standard InChI is InChI=1S/C9H8F2N2O3S/c1-5-2-6(4-12)8(16-9(10)11)7(3-5)17(13,14)15/h2-3,9H,1H3,(H2,13,14,15). The second kappa shape index (κ2) is 4.65. The molecule has 0 amide bonds. The third-order valence-corrected chi connectivity index (χ3v) is 2.75. The van der Waals surface area contributed by atoms with Crippen LogP contribution in [0.1, 0.15) is 11.1 Å². The fraction of sp³-hybridized carbons (Fsp3) is 0.222. The Morgan fingerprint density at radius 3 is 2.47 bits per heavy atom. The molecule has 8 heteroatoms. The zero-order valence-electron chi connectivity index (χ0n) is 8.65. The number of halogens is 2. The molecule has 0 saturated carbocycles. The molecule has 1 rings (SSSR count). The molecule has 92 valence electrons. The van der Waals surface area contributed by atoms with E-state index in [1.165, 1.54) is 13.0 Å². The molecule has 0 aliphatic rings. The summed E-state index contributed by atoms with van der Waals surface area (Å²) in [7, 11) is -4.24. The molecule has 0 spiro atoms. The maximum Gasteiger partial charge on any atom is 0.387 e. The van der Waals surface area contributed by atoms with Gasteiger partial charge in [0.15, 0.2) is 5.75 Å². The summed E-state index contributed by atoms with van der Waals surface area (Å²) < 4.78 is 50.7. The summed E-state index contributed by atoms with van der Waals surface area (Å²) >= 11 is 0. The molecule has 5 nitrogen and oxygen atoms in total. The van der Waals surface area contributed by atoms with E-state index in [2.05, 4.69) is 4.74 Å². The lowest BCUT2D eigenvalue weighted by Crippen LogP contribution is -2.16. The van der Waals surface area contributed by atoms with Gasteiger partial charge in [-0.25, -0.2) is 13.6 Å². The van der Waals surface area contributed by atoms with Crippen LogP contribution in [0.15, 0.2) is 17.0 Å². The molecule has 0 aliphatic heterocycles. The van der Waals surface area contributed by atoms with E-state index in [1.807, 2.05) is 0 Å². The highest BCUT2D eigenvalue weighted by molar-refractivity contribution is 7.89. The Morgan fingerprint density at radius 2 is 2.06 bits per heavy atom. The quantitative estimate of drug-likeness (QED) is 0.883. The molecule has 17 heavy (non-hydrogen) atoms. The molecular formula is C9H8F2N2O3S. The molecule has 2 N–H and O–H groups in total. The Hall–Kier alpha value is -1.72. The van der Waals surface area contributed by atoms with Crippen LogP contribution < -0.4 is 9.88 Å². The number of nitrogens with two attached hydrogens (primary N) is 1. The van der Waals surface area contributed by atoms with Crippen LogP contribution in [-0.4, -0.2) is 15.0 Å². The second-order valence-corrected chi connectivity index (χ2v) is 4.70. The maximum absolute atomic E-state index is 12.1. The Bertz CT molecular complexity index is 579. The lowest BCUT2D eigenvalue weighted by atomic mass is 10.1. The first-order chi connectivity index (χ1) is 7.75. The first-order valence-electron chi connectivity index (χ1n) is 4.28. The number of primary sulfonamides is 1.